The summed E-state index contributed by atoms with van der Waals surface area (Å²) in [6.45, 7) is 4.21. The van der Waals surface area contributed by atoms with E-state index in [1.54, 1.807) is 17.7 Å². The Hall–Kier alpha value is -3.58. The summed E-state index contributed by atoms with van der Waals surface area (Å²) in [5.74, 6) is 0.647. The number of carbonyl (C=O) groups excluding carboxylic acids is 1. The fraction of sp³-hybridized carbons (Fsp3) is 0.222. The predicted molar refractivity (Wildman–Crippen MR) is 136 cm³/mol. The van der Waals surface area contributed by atoms with Crippen LogP contribution in [0.15, 0.2) is 88.8 Å². The summed E-state index contributed by atoms with van der Waals surface area (Å²) in [6.07, 6.45) is 0. The summed E-state index contributed by atoms with van der Waals surface area (Å²) in [5.41, 5.74) is 2.48. The molecule has 6 nitrogen and oxygen atoms in total. The lowest BCUT2D eigenvalue weighted by atomic mass is 10.1. The number of carbonyl (C=O) groups is 1. The molecule has 0 aliphatic rings. The van der Waals surface area contributed by atoms with E-state index in [-0.39, 0.29) is 17.5 Å². The van der Waals surface area contributed by atoms with Crippen molar-refractivity contribution < 1.29 is 9.53 Å². The van der Waals surface area contributed by atoms with Gasteiger partial charge in [-0.2, -0.15) is 0 Å². The maximum absolute atomic E-state index is 13.5. The highest BCUT2D eigenvalue weighted by atomic mass is 32.2. The molecule has 0 aliphatic carbocycles. The van der Waals surface area contributed by atoms with Crippen molar-refractivity contribution in [2.24, 2.45) is 0 Å². The number of aromatic nitrogens is 2. The lowest BCUT2D eigenvalue weighted by Crippen LogP contribution is -2.32. The molecule has 4 rings (SSSR count). The fourth-order valence-electron chi connectivity index (χ4n) is 3.72. The van der Waals surface area contributed by atoms with Crippen molar-refractivity contribution in [3.63, 3.8) is 0 Å². The van der Waals surface area contributed by atoms with E-state index in [9.17, 15) is 9.59 Å². The zero-order chi connectivity index (χ0) is 24.1. The summed E-state index contributed by atoms with van der Waals surface area (Å²) in [7, 11) is 1.62. The highest BCUT2D eigenvalue weighted by Gasteiger charge is 2.22. The van der Waals surface area contributed by atoms with E-state index in [0.717, 1.165) is 16.9 Å². The topological polar surface area (TPSA) is 73.2 Å². The normalized spacial score (nSPS) is 12.8. The van der Waals surface area contributed by atoms with Crippen LogP contribution in [0.3, 0.4) is 0 Å². The first-order valence-electron chi connectivity index (χ1n) is 11.1. The number of nitrogens with zero attached hydrogens (tertiary/aromatic N) is 2. The van der Waals surface area contributed by atoms with Crippen LogP contribution in [0.25, 0.3) is 10.9 Å². The third-order valence-electron chi connectivity index (χ3n) is 5.72. The van der Waals surface area contributed by atoms with Crippen LogP contribution >= 0.6 is 11.8 Å². The van der Waals surface area contributed by atoms with Crippen molar-refractivity contribution >= 4 is 28.6 Å². The molecule has 4 aromatic rings. The molecule has 0 saturated carbocycles. The van der Waals surface area contributed by atoms with Gasteiger partial charge in [-0.15, -0.1) is 0 Å². The Balaban J connectivity index is 1.59. The molecule has 1 aromatic heterocycles. The number of ether oxygens (including phenoxy) is 1. The average Bonchev–Trinajstić information content (AvgIpc) is 2.88. The summed E-state index contributed by atoms with van der Waals surface area (Å²) in [5, 5.41) is 3.61. The van der Waals surface area contributed by atoms with Gasteiger partial charge in [0.1, 0.15) is 5.75 Å². The van der Waals surface area contributed by atoms with Crippen LogP contribution in [0, 0.1) is 0 Å². The minimum absolute atomic E-state index is 0.115. The second kappa shape index (κ2) is 10.6. The van der Waals surface area contributed by atoms with Gasteiger partial charge in [-0.1, -0.05) is 66.4 Å². The van der Waals surface area contributed by atoms with Crippen molar-refractivity contribution in [1.82, 2.24) is 14.9 Å². The van der Waals surface area contributed by atoms with Gasteiger partial charge in [0.25, 0.3) is 5.56 Å². The number of benzene rings is 3. The number of methoxy groups -OCH3 is 1. The van der Waals surface area contributed by atoms with E-state index in [4.69, 9.17) is 9.72 Å². The molecular weight excluding hydrogens is 446 g/mol. The van der Waals surface area contributed by atoms with Crippen LogP contribution in [-0.4, -0.2) is 27.8 Å². The third-order valence-corrected chi connectivity index (χ3v) is 6.79. The largest absolute Gasteiger partial charge is 0.497 e. The van der Waals surface area contributed by atoms with Gasteiger partial charge in [0.2, 0.25) is 5.91 Å². The minimum Gasteiger partial charge on any atom is -0.497 e. The fourth-order valence-corrected chi connectivity index (χ4v) is 4.73. The van der Waals surface area contributed by atoms with Gasteiger partial charge in [0, 0.05) is 6.54 Å². The van der Waals surface area contributed by atoms with Crippen molar-refractivity contribution in [1.29, 1.82) is 0 Å². The van der Waals surface area contributed by atoms with Crippen molar-refractivity contribution in [3.8, 4) is 5.75 Å². The molecule has 7 heteroatoms. The van der Waals surface area contributed by atoms with E-state index >= 15 is 0 Å². The molecular formula is C27H27N3O3S. The van der Waals surface area contributed by atoms with Crippen LogP contribution in [0.1, 0.15) is 31.0 Å². The molecule has 0 fully saturated rings. The standard InChI is InChI=1S/C27H27N3O3S/c1-18(21-9-5-4-6-10-21)30-26(32)23-11-7-8-12-24(23)29-27(30)34-19(2)25(31)28-17-20-13-15-22(33-3)16-14-20/h4-16,18-19H,17H2,1-3H3,(H,28,31). The molecule has 0 saturated heterocycles. The van der Waals surface area contributed by atoms with Gasteiger partial charge in [-0.3, -0.25) is 14.2 Å². The number of hydrogen-bond acceptors (Lipinski definition) is 5. The van der Waals surface area contributed by atoms with Gasteiger partial charge in [-0.05, 0) is 49.2 Å². The van der Waals surface area contributed by atoms with E-state index in [0.29, 0.717) is 22.6 Å². The summed E-state index contributed by atoms with van der Waals surface area (Å²) in [6, 6.07) is 24.5. The Morgan fingerprint density at radius 1 is 1.00 bits per heavy atom. The molecule has 0 bridgehead atoms. The number of thioether (sulfide) groups is 1. The zero-order valence-corrected chi connectivity index (χ0v) is 20.2. The van der Waals surface area contributed by atoms with E-state index in [1.807, 2.05) is 86.6 Å². The van der Waals surface area contributed by atoms with Crippen LogP contribution in [0.5, 0.6) is 5.75 Å². The van der Waals surface area contributed by atoms with E-state index < -0.39 is 5.25 Å². The number of nitrogens with one attached hydrogen (secondary N) is 1. The van der Waals surface area contributed by atoms with Crippen molar-refractivity contribution in [2.45, 2.75) is 36.8 Å². The van der Waals surface area contributed by atoms with Crippen molar-refractivity contribution in [3.05, 3.63) is 100 Å². The maximum atomic E-state index is 13.5. The quantitative estimate of drug-likeness (QED) is 0.294. The molecule has 1 amide bonds. The van der Waals surface area contributed by atoms with Gasteiger partial charge in [0.15, 0.2) is 5.16 Å². The number of fused-ring (bicyclic) bond motifs is 1. The third kappa shape index (κ3) is 5.15. The monoisotopic (exact) mass is 473 g/mol. The molecule has 3 aromatic carbocycles. The summed E-state index contributed by atoms with van der Waals surface area (Å²) < 4.78 is 6.87. The number of amides is 1. The smallest absolute Gasteiger partial charge is 0.262 e. The molecule has 174 valence electrons. The molecule has 34 heavy (non-hydrogen) atoms. The molecule has 0 aliphatic heterocycles. The summed E-state index contributed by atoms with van der Waals surface area (Å²) >= 11 is 1.29. The van der Waals surface area contributed by atoms with Crippen LogP contribution < -0.4 is 15.6 Å². The van der Waals surface area contributed by atoms with Crippen LogP contribution in [0.4, 0.5) is 0 Å². The number of hydrogen-bond donors (Lipinski definition) is 1. The second-order valence-corrected chi connectivity index (χ2v) is 9.31. The highest BCUT2D eigenvalue weighted by Crippen LogP contribution is 2.27. The van der Waals surface area contributed by atoms with Crippen LogP contribution in [-0.2, 0) is 11.3 Å². The van der Waals surface area contributed by atoms with Gasteiger partial charge in [0.05, 0.1) is 29.3 Å². The van der Waals surface area contributed by atoms with Crippen molar-refractivity contribution in [2.75, 3.05) is 7.11 Å². The lowest BCUT2D eigenvalue weighted by Gasteiger charge is -2.21. The zero-order valence-electron chi connectivity index (χ0n) is 19.4. The Labute approximate surface area is 203 Å². The second-order valence-electron chi connectivity index (χ2n) is 8.00. The molecule has 0 spiro atoms. The molecule has 1 N–H and O–H groups in total. The van der Waals surface area contributed by atoms with Crippen LogP contribution in [0.2, 0.25) is 0 Å². The first-order valence-corrected chi connectivity index (χ1v) is 12.0. The van der Waals surface area contributed by atoms with Gasteiger partial charge in [-0.25, -0.2) is 4.98 Å². The molecule has 2 atom stereocenters. The minimum atomic E-state index is -0.444. The SMILES string of the molecule is COc1ccc(CNC(=O)C(C)Sc2nc3ccccc3c(=O)n2C(C)c2ccccc2)cc1. The van der Waals surface area contributed by atoms with E-state index in [1.165, 1.54) is 11.8 Å². The van der Waals surface area contributed by atoms with Gasteiger partial charge >= 0.3 is 0 Å². The Morgan fingerprint density at radius 2 is 1.68 bits per heavy atom. The Bertz CT molecular complexity index is 1340. The molecule has 1 heterocycles. The predicted octanol–water partition coefficient (Wildman–Crippen LogP) is 4.81. The summed E-state index contributed by atoms with van der Waals surface area (Å²) in [4.78, 5) is 31.1. The first-order chi connectivity index (χ1) is 16.5. The molecule has 2 unspecified atom stereocenters. The van der Waals surface area contributed by atoms with Gasteiger partial charge < -0.3 is 10.1 Å². The Kier molecular flexibility index (Phi) is 7.33. The number of rotatable bonds is 8. The molecule has 0 radical (unpaired) electrons. The number of para-hydroxylation sites is 1. The lowest BCUT2D eigenvalue weighted by molar-refractivity contribution is -0.120. The highest BCUT2D eigenvalue weighted by molar-refractivity contribution is 8.00. The first kappa shape index (κ1) is 23.6. The Morgan fingerprint density at radius 3 is 2.38 bits per heavy atom. The maximum Gasteiger partial charge on any atom is 0.262 e. The van der Waals surface area contributed by atoms with E-state index in [2.05, 4.69) is 5.32 Å². The average molecular weight is 474 g/mol.